The second-order valence-electron chi connectivity index (χ2n) is 4.72. The first-order valence-corrected chi connectivity index (χ1v) is 6.35. The highest BCUT2D eigenvalue weighted by Crippen LogP contribution is 2.33. The van der Waals surface area contributed by atoms with E-state index in [0.29, 0.717) is 11.5 Å². The lowest BCUT2D eigenvalue weighted by Crippen LogP contribution is -2.47. The predicted octanol–water partition coefficient (Wildman–Crippen LogP) is 1.34. The van der Waals surface area contributed by atoms with E-state index in [9.17, 15) is 4.79 Å². The van der Waals surface area contributed by atoms with Crippen LogP contribution < -0.4 is 9.47 Å². The number of benzene rings is 1. The summed E-state index contributed by atoms with van der Waals surface area (Å²) in [5, 5.41) is 8.80. The molecule has 0 bridgehead atoms. The molecule has 19 heavy (non-hydrogen) atoms. The lowest BCUT2D eigenvalue weighted by Gasteiger charge is -2.29. The average Bonchev–Trinajstić information content (AvgIpc) is 3.28. The highest BCUT2D eigenvalue weighted by Gasteiger charge is 2.38. The van der Waals surface area contributed by atoms with Crippen LogP contribution in [0.4, 0.5) is 0 Å². The quantitative estimate of drug-likeness (QED) is 0.767. The van der Waals surface area contributed by atoms with Gasteiger partial charge in [0.05, 0.1) is 6.07 Å². The molecule has 1 atom stereocenters. The Morgan fingerprint density at radius 1 is 1.37 bits per heavy atom. The van der Waals surface area contributed by atoms with E-state index in [1.165, 1.54) is 0 Å². The largest absolute Gasteiger partial charge is 0.485 e. The molecule has 1 heterocycles. The lowest BCUT2D eigenvalue weighted by atomic mass is 10.2. The smallest absolute Gasteiger partial charge is 0.268 e. The molecule has 5 nitrogen and oxygen atoms in total. The van der Waals surface area contributed by atoms with Crippen molar-refractivity contribution in [3.8, 4) is 17.6 Å². The molecule has 98 valence electrons. The molecule has 5 heteroatoms. The van der Waals surface area contributed by atoms with Crippen LogP contribution in [0, 0.1) is 11.3 Å². The Labute approximate surface area is 111 Å². The van der Waals surface area contributed by atoms with Gasteiger partial charge in [0, 0.05) is 6.04 Å². The van der Waals surface area contributed by atoms with Crippen molar-refractivity contribution in [1.82, 2.24) is 4.90 Å². The molecule has 0 radical (unpaired) electrons. The second-order valence-corrected chi connectivity index (χ2v) is 4.72. The topological polar surface area (TPSA) is 62.6 Å². The SMILES string of the molecule is N#CCN(C(=O)C1COc2ccccc2O1)C1CC1. The van der Waals surface area contributed by atoms with Gasteiger partial charge < -0.3 is 14.4 Å². The molecule has 0 N–H and O–H groups in total. The van der Waals surface area contributed by atoms with Gasteiger partial charge in [-0.05, 0) is 25.0 Å². The van der Waals surface area contributed by atoms with Gasteiger partial charge in [-0.15, -0.1) is 0 Å². The number of hydrogen-bond donors (Lipinski definition) is 0. The van der Waals surface area contributed by atoms with E-state index in [4.69, 9.17) is 14.7 Å². The van der Waals surface area contributed by atoms with Crippen molar-refractivity contribution in [3.63, 3.8) is 0 Å². The van der Waals surface area contributed by atoms with Gasteiger partial charge in [-0.3, -0.25) is 4.79 Å². The summed E-state index contributed by atoms with van der Waals surface area (Å²) in [6, 6.07) is 9.52. The maximum Gasteiger partial charge on any atom is 0.268 e. The van der Waals surface area contributed by atoms with Crippen LogP contribution in [0.2, 0.25) is 0 Å². The van der Waals surface area contributed by atoms with Crippen molar-refractivity contribution >= 4 is 5.91 Å². The van der Waals surface area contributed by atoms with Gasteiger partial charge in [-0.25, -0.2) is 0 Å². The summed E-state index contributed by atoms with van der Waals surface area (Å²) < 4.78 is 11.2. The molecular weight excluding hydrogens is 244 g/mol. The van der Waals surface area contributed by atoms with Gasteiger partial charge in [-0.2, -0.15) is 5.26 Å². The summed E-state index contributed by atoms with van der Waals surface area (Å²) in [4.78, 5) is 13.9. The molecular formula is C14H14N2O3. The normalized spacial score (nSPS) is 20.5. The van der Waals surface area contributed by atoms with Crippen LogP contribution in [0.25, 0.3) is 0 Å². The number of nitrogens with zero attached hydrogens (tertiary/aromatic N) is 2. The fourth-order valence-corrected chi connectivity index (χ4v) is 2.18. The van der Waals surface area contributed by atoms with Gasteiger partial charge in [0.2, 0.25) is 6.10 Å². The molecule has 1 saturated carbocycles. The highest BCUT2D eigenvalue weighted by atomic mass is 16.6. The number of hydrogen-bond acceptors (Lipinski definition) is 4. The number of ether oxygens (including phenoxy) is 2. The standard InChI is InChI=1S/C14H14N2O3/c15-7-8-16(10-5-6-10)14(17)13-9-18-11-3-1-2-4-12(11)19-13/h1-4,10,13H,5-6,8-9H2. The summed E-state index contributed by atoms with van der Waals surface area (Å²) in [7, 11) is 0. The lowest BCUT2D eigenvalue weighted by molar-refractivity contribution is -0.141. The molecule has 1 amide bonds. The monoisotopic (exact) mass is 258 g/mol. The summed E-state index contributed by atoms with van der Waals surface area (Å²) in [6.45, 7) is 0.315. The highest BCUT2D eigenvalue weighted by molar-refractivity contribution is 5.82. The van der Waals surface area contributed by atoms with Gasteiger partial charge in [0.15, 0.2) is 11.5 Å². The van der Waals surface area contributed by atoms with Crippen LogP contribution in [-0.2, 0) is 4.79 Å². The third-order valence-corrected chi connectivity index (χ3v) is 3.30. The first-order valence-electron chi connectivity index (χ1n) is 6.35. The van der Waals surface area contributed by atoms with E-state index >= 15 is 0 Å². The van der Waals surface area contributed by atoms with Crippen LogP contribution >= 0.6 is 0 Å². The first kappa shape index (κ1) is 11.8. The Hall–Kier alpha value is -2.22. The first-order chi connectivity index (χ1) is 9.29. The van der Waals surface area contributed by atoms with Gasteiger partial charge >= 0.3 is 0 Å². The van der Waals surface area contributed by atoms with E-state index in [-0.39, 0.29) is 25.1 Å². The molecule has 2 aliphatic rings. The summed E-state index contributed by atoms with van der Waals surface area (Å²) >= 11 is 0. The number of fused-ring (bicyclic) bond motifs is 1. The predicted molar refractivity (Wildman–Crippen MR) is 66.7 cm³/mol. The maximum atomic E-state index is 12.3. The van der Waals surface area contributed by atoms with Crippen LogP contribution in [0.3, 0.4) is 0 Å². The zero-order valence-corrected chi connectivity index (χ0v) is 10.4. The average molecular weight is 258 g/mol. The van der Waals surface area contributed by atoms with E-state index in [2.05, 4.69) is 0 Å². The van der Waals surface area contributed by atoms with E-state index in [1.54, 1.807) is 11.0 Å². The van der Waals surface area contributed by atoms with Gasteiger partial charge in [0.1, 0.15) is 13.2 Å². The molecule has 1 aromatic carbocycles. The van der Waals surface area contributed by atoms with Crippen molar-refractivity contribution in [2.75, 3.05) is 13.2 Å². The van der Waals surface area contributed by atoms with Crippen molar-refractivity contribution < 1.29 is 14.3 Å². The Morgan fingerprint density at radius 2 is 2.11 bits per heavy atom. The van der Waals surface area contributed by atoms with E-state index in [0.717, 1.165) is 12.8 Å². The molecule has 3 rings (SSSR count). The van der Waals surface area contributed by atoms with E-state index < -0.39 is 6.10 Å². The number of carbonyl (C=O) groups excluding carboxylic acids is 1. The summed E-state index contributed by atoms with van der Waals surface area (Å²) in [5.41, 5.74) is 0. The Morgan fingerprint density at radius 3 is 2.79 bits per heavy atom. The van der Waals surface area contributed by atoms with Crippen LogP contribution in [0.1, 0.15) is 12.8 Å². The molecule has 1 aliphatic heterocycles. The molecule has 1 fully saturated rings. The maximum absolute atomic E-state index is 12.3. The number of carbonyl (C=O) groups is 1. The fourth-order valence-electron chi connectivity index (χ4n) is 2.18. The molecule has 1 aliphatic carbocycles. The number of para-hydroxylation sites is 2. The third kappa shape index (κ3) is 2.34. The molecule has 0 spiro atoms. The van der Waals surface area contributed by atoms with Crippen molar-refractivity contribution in [1.29, 1.82) is 5.26 Å². The van der Waals surface area contributed by atoms with Crippen molar-refractivity contribution in [2.45, 2.75) is 25.0 Å². The van der Waals surface area contributed by atoms with Crippen LogP contribution in [-0.4, -0.2) is 36.1 Å². The third-order valence-electron chi connectivity index (χ3n) is 3.30. The summed E-state index contributed by atoms with van der Waals surface area (Å²) in [5.74, 6) is 1.09. The molecule has 1 unspecified atom stereocenters. The van der Waals surface area contributed by atoms with Crippen LogP contribution in [0.15, 0.2) is 24.3 Å². The Kier molecular flexibility index (Phi) is 3.00. The molecule has 0 aromatic heterocycles. The minimum absolute atomic E-state index is 0.116. The minimum Gasteiger partial charge on any atom is -0.485 e. The van der Waals surface area contributed by atoms with Crippen molar-refractivity contribution in [2.24, 2.45) is 0 Å². The van der Waals surface area contributed by atoms with Crippen molar-refractivity contribution in [3.05, 3.63) is 24.3 Å². The molecule has 0 saturated heterocycles. The van der Waals surface area contributed by atoms with Gasteiger partial charge in [0.25, 0.3) is 5.91 Å². The number of rotatable bonds is 3. The number of nitriles is 1. The summed E-state index contributed by atoms with van der Waals surface area (Å²) in [6.07, 6.45) is 1.29. The Balaban J connectivity index is 1.73. The Bertz CT molecular complexity index is 534. The zero-order valence-electron chi connectivity index (χ0n) is 10.4. The number of amides is 1. The van der Waals surface area contributed by atoms with E-state index in [1.807, 2.05) is 24.3 Å². The zero-order chi connectivity index (χ0) is 13.2. The fraction of sp³-hybridized carbons (Fsp3) is 0.429. The van der Waals surface area contributed by atoms with Gasteiger partial charge in [-0.1, -0.05) is 12.1 Å². The molecule has 1 aromatic rings. The van der Waals surface area contributed by atoms with Crippen LogP contribution in [0.5, 0.6) is 11.5 Å². The minimum atomic E-state index is -0.649. The second kappa shape index (κ2) is 4.81.